The third-order valence-corrected chi connectivity index (χ3v) is 6.53. The summed E-state index contributed by atoms with van der Waals surface area (Å²) >= 11 is 5.91. The monoisotopic (exact) mass is 384 g/mol. The number of fused-ring (bicyclic) bond motifs is 2. The normalized spacial score (nSPS) is 24.9. The first-order chi connectivity index (χ1) is 13.0. The van der Waals surface area contributed by atoms with Crippen LogP contribution in [-0.2, 0) is 10.2 Å². The molecule has 1 saturated carbocycles. The molecule has 27 heavy (non-hydrogen) atoms. The molecule has 2 aliphatic rings. The number of pyridine rings is 1. The van der Waals surface area contributed by atoms with Crippen molar-refractivity contribution < 1.29 is 9.53 Å². The molecule has 2 heterocycles. The molecule has 0 bridgehead atoms. The van der Waals surface area contributed by atoms with Crippen LogP contribution < -0.4 is 10.1 Å². The van der Waals surface area contributed by atoms with Crippen LogP contribution in [-0.4, -0.2) is 17.5 Å². The summed E-state index contributed by atoms with van der Waals surface area (Å²) in [5, 5.41) is 3.69. The highest BCUT2D eigenvalue weighted by molar-refractivity contribution is 6.30. The zero-order chi connectivity index (χ0) is 19.0. The molecule has 1 spiro atoms. The number of hydrogen-bond donors (Lipinski definition) is 1. The van der Waals surface area contributed by atoms with E-state index in [0.29, 0.717) is 10.9 Å². The number of anilines is 1. The summed E-state index contributed by atoms with van der Waals surface area (Å²) in [5.41, 5.74) is 3.12. The Hall–Kier alpha value is -2.07. The van der Waals surface area contributed by atoms with E-state index in [4.69, 9.17) is 16.3 Å². The molecule has 4 nitrogen and oxygen atoms in total. The van der Waals surface area contributed by atoms with E-state index in [-0.39, 0.29) is 17.2 Å². The zero-order valence-corrected chi connectivity index (χ0v) is 16.6. The Bertz CT molecular complexity index is 842. The average Bonchev–Trinajstić information content (AvgIpc) is 3.01. The number of nitrogens with one attached hydrogen (secondary N) is 1. The number of nitrogens with zero attached hydrogens (tertiary/aromatic N) is 1. The fourth-order valence-electron chi connectivity index (χ4n) is 4.44. The number of hydrogen-bond acceptors (Lipinski definition) is 3. The molecule has 4 rings (SSSR count). The first-order valence-corrected chi connectivity index (χ1v) is 10.0. The highest BCUT2D eigenvalue weighted by atomic mass is 35.5. The number of carbonyl (C=O) groups is 1. The minimum Gasteiger partial charge on any atom is -0.476 e. The maximum Gasteiger partial charge on any atom is 0.227 e. The largest absolute Gasteiger partial charge is 0.476 e. The Kier molecular flexibility index (Phi) is 4.85. The van der Waals surface area contributed by atoms with E-state index in [9.17, 15) is 4.79 Å². The molecule has 1 atom stereocenters. The van der Waals surface area contributed by atoms with E-state index < -0.39 is 0 Å². The first-order valence-electron chi connectivity index (χ1n) is 9.64. The van der Waals surface area contributed by atoms with Crippen LogP contribution >= 0.6 is 11.6 Å². The van der Waals surface area contributed by atoms with Gasteiger partial charge in [0.25, 0.3) is 0 Å². The predicted octanol–water partition coefficient (Wildman–Crippen LogP) is 5.14. The van der Waals surface area contributed by atoms with Crippen molar-refractivity contribution in [1.29, 1.82) is 0 Å². The van der Waals surface area contributed by atoms with Gasteiger partial charge in [-0.3, -0.25) is 4.79 Å². The maximum absolute atomic E-state index is 12.7. The second-order valence-corrected chi connectivity index (χ2v) is 8.43. The number of carbonyl (C=O) groups excluding carboxylic acids is 1. The summed E-state index contributed by atoms with van der Waals surface area (Å²) in [4.78, 5) is 17.2. The van der Waals surface area contributed by atoms with Gasteiger partial charge in [0.05, 0.1) is 6.61 Å². The minimum absolute atomic E-state index is 0.0176. The van der Waals surface area contributed by atoms with Gasteiger partial charge in [0.1, 0.15) is 0 Å². The SMILES string of the molecule is Cc1ccc2c(n1)OCC21CCC(C(C)C(=O)Nc2ccc(Cl)cc2)CC1. The van der Waals surface area contributed by atoms with E-state index in [1.807, 2.05) is 26.0 Å². The zero-order valence-electron chi connectivity index (χ0n) is 15.8. The summed E-state index contributed by atoms with van der Waals surface area (Å²) in [5.74, 6) is 1.27. The Labute approximate surface area is 165 Å². The minimum atomic E-state index is -0.0176. The van der Waals surface area contributed by atoms with Gasteiger partial charge >= 0.3 is 0 Å². The Balaban J connectivity index is 1.39. The topological polar surface area (TPSA) is 51.2 Å². The van der Waals surface area contributed by atoms with Crippen LogP contribution in [0.5, 0.6) is 5.88 Å². The van der Waals surface area contributed by atoms with E-state index >= 15 is 0 Å². The number of aromatic nitrogens is 1. The number of rotatable bonds is 3. The number of aryl methyl sites for hydroxylation is 1. The van der Waals surface area contributed by atoms with Crippen LogP contribution in [0.15, 0.2) is 36.4 Å². The predicted molar refractivity (Wildman–Crippen MR) is 107 cm³/mol. The molecular weight excluding hydrogens is 360 g/mol. The van der Waals surface area contributed by atoms with Crippen molar-refractivity contribution >= 4 is 23.2 Å². The molecule has 5 heteroatoms. The molecule has 142 valence electrons. The van der Waals surface area contributed by atoms with Crippen LogP contribution in [0.2, 0.25) is 5.02 Å². The Morgan fingerprint density at radius 1 is 1.22 bits per heavy atom. The highest BCUT2D eigenvalue weighted by Crippen LogP contribution is 2.49. The van der Waals surface area contributed by atoms with Gasteiger partial charge in [-0.15, -0.1) is 0 Å². The molecule has 1 aromatic heterocycles. The van der Waals surface area contributed by atoms with Crippen molar-refractivity contribution in [2.75, 3.05) is 11.9 Å². The average molecular weight is 385 g/mol. The van der Waals surface area contributed by atoms with Gasteiger partial charge in [-0.2, -0.15) is 0 Å². The van der Waals surface area contributed by atoms with Gasteiger partial charge in [-0.1, -0.05) is 24.6 Å². The number of ether oxygens (including phenoxy) is 1. The third-order valence-electron chi connectivity index (χ3n) is 6.28. The fraction of sp³-hybridized carbons (Fsp3) is 0.455. The molecule has 0 radical (unpaired) electrons. The van der Waals surface area contributed by atoms with E-state index in [0.717, 1.165) is 49.6 Å². The number of halogens is 1. The summed E-state index contributed by atoms with van der Waals surface area (Å²) in [7, 11) is 0. The maximum atomic E-state index is 12.7. The molecule has 1 N–H and O–H groups in total. The van der Waals surface area contributed by atoms with Crippen LogP contribution in [0.25, 0.3) is 0 Å². The second-order valence-electron chi connectivity index (χ2n) is 8.00. The summed E-state index contributed by atoms with van der Waals surface area (Å²) < 4.78 is 5.90. The van der Waals surface area contributed by atoms with Crippen molar-refractivity contribution in [2.45, 2.75) is 44.9 Å². The Morgan fingerprint density at radius 3 is 2.63 bits per heavy atom. The summed E-state index contributed by atoms with van der Waals surface area (Å²) in [6.07, 6.45) is 4.17. The van der Waals surface area contributed by atoms with Crippen molar-refractivity contribution in [1.82, 2.24) is 4.98 Å². The van der Waals surface area contributed by atoms with Gasteiger partial charge in [-0.05, 0) is 68.9 Å². The molecule has 2 aromatic rings. The summed E-state index contributed by atoms with van der Waals surface area (Å²) in [6.45, 7) is 4.75. The van der Waals surface area contributed by atoms with E-state index in [1.165, 1.54) is 5.56 Å². The lowest BCUT2D eigenvalue weighted by Crippen LogP contribution is -2.37. The molecule has 1 unspecified atom stereocenters. The molecular formula is C22H25ClN2O2. The van der Waals surface area contributed by atoms with Crippen molar-refractivity contribution in [3.63, 3.8) is 0 Å². The second kappa shape index (κ2) is 7.16. The summed E-state index contributed by atoms with van der Waals surface area (Å²) in [6, 6.07) is 11.5. The van der Waals surface area contributed by atoms with Gasteiger partial charge < -0.3 is 10.1 Å². The quantitative estimate of drug-likeness (QED) is 0.797. The lowest BCUT2D eigenvalue weighted by atomic mass is 9.66. The molecule has 1 aliphatic carbocycles. The van der Waals surface area contributed by atoms with Crippen LogP contribution in [0.1, 0.15) is 43.9 Å². The van der Waals surface area contributed by atoms with Crippen LogP contribution in [0.4, 0.5) is 5.69 Å². The van der Waals surface area contributed by atoms with Gasteiger partial charge in [0.2, 0.25) is 11.8 Å². The van der Waals surface area contributed by atoms with Gasteiger partial charge in [0.15, 0.2) is 0 Å². The van der Waals surface area contributed by atoms with Gasteiger partial charge in [-0.25, -0.2) is 4.98 Å². The van der Waals surface area contributed by atoms with Crippen LogP contribution in [0.3, 0.4) is 0 Å². The lowest BCUT2D eigenvalue weighted by Gasteiger charge is -2.38. The van der Waals surface area contributed by atoms with Crippen molar-refractivity contribution in [2.24, 2.45) is 11.8 Å². The molecule has 0 saturated heterocycles. The standard InChI is InChI=1S/C22H25ClN2O2/c1-14-3-8-19-21(24-14)27-13-22(19)11-9-16(10-12-22)15(2)20(26)25-18-6-4-17(23)5-7-18/h3-8,15-16H,9-13H2,1-2H3,(H,25,26). The van der Waals surface area contributed by atoms with Gasteiger partial charge in [0, 0.05) is 33.3 Å². The number of amides is 1. The first kappa shape index (κ1) is 18.3. The van der Waals surface area contributed by atoms with Crippen molar-refractivity contribution in [3.05, 3.63) is 52.7 Å². The third kappa shape index (κ3) is 3.55. The smallest absolute Gasteiger partial charge is 0.227 e. The van der Waals surface area contributed by atoms with E-state index in [2.05, 4.69) is 22.4 Å². The Morgan fingerprint density at radius 2 is 1.93 bits per heavy atom. The fourth-order valence-corrected chi connectivity index (χ4v) is 4.57. The molecule has 1 amide bonds. The molecule has 1 aliphatic heterocycles. The van der Waals surface area contributed by atoms with Crippen LogP contribution in [0, 0.1) is 18.8 Å². The highest BCUT2D eigenvalue weighted by Gasteiger charge is 2.45. The molecule has 1 aromatic carbocycles. The molecule has 1 fully saturated rings. The number of benzene rings is 1. The lowest BCUT2D eigenvalue weighted by molar-refractivity contribution is -0.121. The van der Waals surface area contributed by atoms with Crippen molar-refractivity contribution in [3.8, 4) is 5.88 Å². The van der Waals surface area contributed by atoms with E-state index in [1.54, 1.807) is 12.1 Å².